The number of halogens is 5. The van der Waals surface area contributed by atoms with E-state index in [4.69, 9.17) is 0 Å². The minimum absolute atomic E-state index is 0. The van der Waals surface area contributed by atoms with E-state index >= 15 is 0 Å². The van der Waals surface area contributed by atoms with Crippen molar-refractivity contribution in [3.05, 3.63) is 144 Å². The average molecular weight is 781 g/mol. The second kappa shape index (κ2) is 14.2. The van der Waals surface area contributed by atoms with Gasteiger partial charge >= 0.3 is 288 Å². The summed E-state index contributed by atoms with van der Waals surface area (Å²) in [6.07, 6.45) is 3.91. The SMILES string of the molecule is Cc1ccc(/[C](c2cccc(C(F)(F)F)c2)=[Zr+2](\[C]2=CC=CC2)[c]2c(C)c(C(C)(C)C)cc3c2Cc2cc(C)c(C(C)(C)C)cc2-3)cc1.[Cl-].[Cl-]. The van der Waals surface area contributed by atoms with Crippen LogP contribution < -0.4 is 28.1 Å². The van der Waals surface area contributed by atoms with Gasteiger partial charge in [-0.05, 0) is 0 Å². The number of rotatable bonds is 4. The summed E-state index contributed by atoms with van der Waals surface area (Å²) in [7, 11) is 0. The Labute approximate surface area is 310 Å². The van der Waals surface area contributed by atoms with Crippen LogP contribution in [0.3, 0.4) is 0 Å². The first-order chi connectivity index (χ1) is 21.9. The maximum Gasteiger partial charge on any atom is -1.00 e. The number of aryl methyl sites for hydroxylation is 2. The Kier molecular flexibility index (Phi) is 11.4. The van der Waals surface area contributed by atoms with Gasteiger partial charge in [0.2, 0.25) is 0 Å². The van der Waals surface area contributed by atoms with E-state index in [0.29, 0.717) is 5.56 Å². The number of alkyl halides is 3. The zero-order valence-electron chi connectivity index (χ0n) is 29.9. The topological polar surface area (TPSA) is 0 Å². The number of hydrogen-bond donors (Lipinski definition) is 0. The first kappa shape index (κ1) is 39.3. The molecule has 0 nitrogen and oxygen atoms in total. The standard InChI is InChI=1S/C23H29.C15H11F3.C5H5.2ClH.Zr/c1-14-9-16-11-17-10-15(2)21(23(6,7)8)13-19(17)18(16)12-20(14)22(3,4)5;1-11-5-7-12(8-6-11)9-13-3-2-4-14(10-13)15(16,17)18;1-2-4-5-3-1;;;/h9,12-13H,11H2,1-8H3;2-8,10H,1H3;1-3H,4H2;2*1H;/q;;;;;+2/p-2. The van der Waals surface area contributed by atoms with Crippen LogP contribution in [0.1, 0.15) is 104 Å². The van der Waals surface area contributed by atoms with Crippen molar-refractivity contribution in [1.29, 1.82) is 0 Å². The van der Waals surface area contributed by atoms with Crippen molar-refractivity contribution in [3.63, 3.8) is 0 Å². The van der Waals surface area contributed by atoms with Gasteiger partial charge in [-0.2, -0.15) is 0 Å². The Morgan fingerprint density at radius 2 is 1.35 bits per heavy atom. The van der Waals surface area contributed by atoms with Crippen LogP contribution in [0.2, 0.25) is 0 Å². The second-order valence-electron chi connectivity index (χ2n) is 15.5. The molecule has 4 aromatic carbocycles. The summed E-state index contributed by atoms with van der Waals surface area (Å²) in [5.74, 6) is 0. The number of fused-ring (bicyclic) bond motifs is 3. The molecule has 0 radical (unpaired) electrons. The smallest absolute Gasteiger partial charge is 1.00 e. The largest absolute Gasteiger partial charge is 1.00 e. The van der Waals surface area contributed by atoms with Gasteiger partial charge in [-0.25, -0.2) is 0 Å². The summed E-state index contributed by atoms with van der Waals surface area (Å²) in [6, 6.07) is 21.8. The Hall–Kier alpha value is -2.52. The number of allylic oxidation sites excluding steroid dienone is 4. The number of hydrogen-bond acceptors (Lipinski definition) is 0. The van der Waals surface area contributed by atoms with Crippen LogP contribution in [0.15, 0.2) is 88.2 Å². The summed E-state index contributed by atoms with van der Waals surface area (Å²) >= 11 is -3.20. The van der Waals surface area contributed by atoms with Gasteiger partial charge in [0.25, 0.3) is 0 Å². The molecule has 4 aromatic rings. The van der Waals surface area contributed by atoms with Crippen LogP contribution in [0, 0.1) is 20.8 Å². The fraction of sp³-hybridized carbons (Fsp3) is 0.326. The van der Waals surface area contributed by atoms with Crippen molar-refractivity contribution in [2.75, 3.05) is 0 Å². The van der Waals surface area contributed by atoms with Gasteiger partial charge in [-0.15, -0.1) is 0 Å². The summed E-state index contributed by atoms with van der Waals surface area (Å²) in [5, 5.41) is 0. The molecular formula is C43H45Cl2F3Zr. The zero-order valence-corrected chi connectivity index (χ0v) is 33.9. The quantitative estimate of drug-likeness (QED) is 0.237. The van der Waals surface area contributed by atoms with Crippen molar-refractivity contribution in [3.8, 4) is 11.1 Å². The fourth-order valence-electron chi connectivity index (χ4n) is 7.65. The third-order valence-corrected chi connectivity index (χ3v) is 17.9. The third-order valence-electron chi connectivity index (χ3n) is 9.83. The Morgan fingerprint density at radius 3 is 1.92 bits per heavy atom. The van der Waals surface area contributed by atoms with Crippen LogP contribution in [0.4, 0.5) is 13.2 Å². The van der Waals surface area contributed by atoms with Crippen LogP contribution in [0.25, 0.3) is 11.1 Å². The summed E-state index contributed by atoms with van der Waals surface area (Å²) < 4.78 is 46.6. The van der Waals surface area contributed by atoms with Crippen LogP contribution in [0.5, 0.6) is 0 Å². The van der Waals surface area contributed by atoms with Gasteiger partial charge in [0.15, 0.2) is 0 Å². The van der Waals surface area contributed by atoms with Gasteiger partial charge < -0.3 is 24.8 Å². The predicted octanol–water partition coefficient (Wildman–Crippen LogP) is 5.16. The zero-order chi connectivity index (χ0) is 34.1. The fourth-order valence-corrected chi connectivity index (χ4v) is 16.0. The number of benzene rings is 4. The van der Waals surface area contributed by atoms with Gasteiger partial charge in [-0.1, -0.05) is 0 Å². The normalized spacial score (nSPS) is 14.0. The Bertz CT molecular complexity index is 2000. The van der Waals surface area contributed by atoms with E-state index in [1.807, 2.05) is 6.07 Å². The van der Waals surface area contributed by atoms with Crippen molar-refractivity contribution >= 4 is 6.48 Å². The maximum absolute atomic E-state index is 14.2. The molecule has 0 N–H and O–H groups in total. The Morgan fingerprint density at radius 1 is 0.714 bits per heavy atom. The van der Waals surface area contributed by atoms with Crippen molar-refractivity contribution < 1.29 is 59.3 Å². The van der Waals surface area contributed by atoms with Crippen molar-refractivity contribution in [2.24, 2.45) is 0 Å². The molecule has 0 aromatic heterocycles. The molecule has 0 fully saturated rings. The first-order valence-electron chi connectivity index (χ1n) is 16.6. The van der Waals surface area contributed by atoms with Gasteiger partial charge in [0.1, 0.15) is 0 Å². The van der Waals surface area contributed by atoms with E-state index in [1.54, 1.807) is 6.07 Å². The molecule has 0 heterocycles. The second-order valence-corrected chi connectivity index (χ2v) is 21.4. The first-order valence-corrected chi connectivity index (χ1v) is 20.3. The predicted molar refractivity (Wildman–Crippen MR) is 189 cm³/mol. The molecule has 0 bridgehead atoms. The van der Waals surface area contributed by atoms with E-state index in [0.717, 1.165) is 27.2 Å². The van der Waals surface area contributed by atoms with E-state index in [9.17, 15) is 13.2 Å². The minimum atomic E-state index is -4.42. The molecule has 0 saturated carbocycles. The van der Waals surface area contributed by atoms with Crippen LogP contribution >= 0.6 is 0 Å². The molecule has 0 atom stereocenters. The van der Waals surface area contributed by atoms with Gasteiger partial charge in [-0.3, -0.25) is 0 Å². The molecule has 0 unspecified atom stereocenters. The van der Waals surface area contributed by atoms with E-state index in [-0.39, 0.29) is 35.6 Å². The van der Waals surface area contributed by atoms with Crippen LogP contribution in [-0.2, 0) is 44.7 Å². The molecule has 2 aliphatic carbocycles. The van der Waals surface area contributed by atoms with E-state index < -0.39 is 33.0 Å². The Balaban J connectivity index is 0.00000270. The molecule has 0 saturated heterocycles. The molecule has 2 aliphatic rings. The van der Waals surface area contributed by atoms with Gasteiger partial charge in [0, 0.05) is 0 Å². The van der Waals surface area contributed by atoms with E-state index in [1.165, 1.54) is 63.2 Å². The molecule has 0 spiro atoms. The molecule has 0 aliphatic heterocycles. The summed E-state index contributed by atoms with van der Waals surface area (Å²) in [6.45, 7) is 20.3. The molecule has 256 valence electrons. The van der Waals surface area contributed by atoms with Crippen molar-refractivity contribution in [2.45, 2.75) is 92.2 Å². The molecule has 49 heavy (non-hydrogen) atoms. The van der Waals surface area contributed by atoms with Crippen molar-refractivity contribution in [1.82, 2.24) is 0 Å². The van der Waals surface area contributed by atoms with Gasteiger partial charge in [0.05, 0.1) is 0 Å². The van der Waals surface area contributed by atoms with E-state index in [2.05, 4.69) is 123 Å². The molecule has 0 amide bonds. The summed E-state index contributed by atoms with van der Waals surface area (Å²) in [4.78, 5) is 0. The third kappa shape index (κ3) is 7.58. The maximum atomic E-state index is 14.2. The summed E-state index contributed by atoms with van der Waals surface area (Å²) in [5.41, 5.74) is 12.9. The minimum Gasteiger partial charge on any atom is -1.00 e. The molecular weight excluding hydrogens is 736 g/mol. The molecule has 6 heteroatoms. The van der Waals surface area contributed by atoms with Crippen LogP contribution in [-0.4, -0.2) is 3.21 Å². The average Bonchev–Trinajstić information content (AvgIpc) is 3.63. The monoisotopic (exact) mass is 778 g/mol. The molecule has 6 rings (SSSR count).